The number of hydrogen-bond donors (Lipinski definition) is 4. The number of rotatable bonds is 3. The fourth-order valence-electron chi connectivity index (χ4n) is 1.93. The van der Waals surface area contributed by atoms with Gasteiger partial charge in [-0.1, -0.05) is 17.7 Å². The minimum absolute atomic E-state index is 0.0518. The van der Waals surface area contributed by atoms with Gasteiger partial charge in [-0.05, 0) is 35.7 Å². The summed E-state index contributed by atoms with van der Waals surface area (Å²) in [5.41, 5.74) is 5.20. The summed E-state index contributed by atoms with van der Waals surface area (Å²) in [7, 11) is 0. The first-order valence-corrected chi connectivity index (χ1v) is 7.99. The van der Waals surface area contributed by atoms with Crippen molar-refractivity contribution in [3.05, 3.63) is 58.1 Å². The van der Waals surface area contributed by atoms with E-state index in [1.165, 1.54) is 29.5 Å². The third-order valence-electron chi connectivity index (χ3n) is 3.09. The lowest BCUT2D eigenvalue weighted by atomic mass is 10.2. The highest BCUT2D eigenvalue weighted by atomic mass is 35.5. The number of hydrazine groups is 1. The standard InChI is InChI=1S/C15H11ClN4O3S/c16-8-3-4-12(21)9(6-8)14(22)19-20-15(23)11-7-10(17-18-11)13-2-1-5-24-13/h1-7,21H,(H,17,18)(H,19,22)(H,20,23). The number of halogens is 1. The Bertz CT molecular complexity index is 892. The summed E-state index contributed by atoms with van der Waals surface area (Å²) in [6.07, 6.45) is 0. The second-order valence-corrected chi connectivity index (χ2v) is 6.10. The van der Waals surface area contributed by atoms with E-state index in [1.807, 2.05) is 17.5 Å². The fraction of sp³-hybridized carbons (Fsp3) is 0. The van der Waals surface area contributed by atoms with Gasteiger partial charge in [0.05, 0.1) is 16.1 Å². The molecule has 0 radical (unpaired) electrons. The summed E-state index contributed by atoms with van der Waals surface area (Å²) < 4.78 is 0. The Morgan fingerprint density at radius 1 is 1.17 bits per heavy atom. The van der Waals surface area contributed by atoms with E-state index < -0.39 is 11.8 Å². The Hall–Kier alpha value is -2.84. The molecule has 0 saturated carbocycles. The number of nitrogens with zero attached hydrogens (tertiary/aromatic N) is 1. The van der Waals surface area contributed by atoms with E-state index >= 15 is 0 Å². The van der Waals surface area contributed by atoms with Crippen molar-refractivity contribution in [2.45, 2.75) is 0 Å². The van der Waals surface area contributed by atoms with Crippen molar-refractivity contribution in [3.8, 4) is 16.3 Å². The molecule has 3 aromatic rings. The maximum Gasteiger partial charge on any atom is 0.290 e. The maximum absolute atomic E-state index is 12.0. The van der Waals surface area contributed by atoms with Crippen LogP contribution in [-0.2, 0) is 0 Å². The monoisotopic (exact) mass is 362 g/mol. The van der Waals surface area contributed by atoms with Crippen LogP contribution in [0.1, 0.15) is 20.8 Å². The van der Waals surface area contributed by atoms with Crippen molar-refractivity contribution in [2.24, 2.45) is 0 Å². The van der Waals surface area contributed by atoms with Crippen LogP contribution in [0.2, 0.25) is 5.02 Å². The molecule has 0 unspecified atom stereocenters. The molecule has 0 aliphatic rings. The number of thiophene rings is 1. The SMILES string of the molecule is O=C(NNC(=O)c1cc(Cl)ccc1O)c1cc(-c2cccs2)[nH]n1. The number of phenolic OH excluding ortho intramolecular Hbond substituents is 1. The predicted octanol–water partition coefficient (Wildman–Crippen LogP) is 2.57. The molecule has 3 rings (SSSR count). The number of aromatic nitrogens is 2. The Morgan fingerprint density at radius 3 is 2.71 bits per heavy atom. The third-order valence-corrected chi connectivity index (χ3v) is 4.23. The Balaban J connectivity index is 1.65. The number of H-pyrrole nitrogens is 1. The molecular weight excluding hydrogens is 352 g/mol. The predicted molar refractivity (Wildman–Crippen MR) is 89.9 cm³/mol. The van der Waals surface area contributed by atoms with Gasteiger partial charge in [0, 0.05) is 5.02 Å². The van der Waals surface area contributed by atoms with Crippen molar-refractivity contribution in [1.29, 1.82) is 0 Å². The number of aromatic hydroxyl groups is 1. The molecule has 4 N–H and O–H groups in total. The molecule has 0 saturated heterocycles. The zero-order valence-corrected chi connectivity index (χ0v) is 13.6. The lowest BCUT2D eigenvalue weighted by Gasteiger charge is -2.07. The molecule has 0 bridgehead atoms. The molecule has 0 spiro atoms. The second-order valence-electron chi connectivity index (χ2n) is 4.71. The molecule has 122 valence electrons. The number of amides is 2. The number of aromatic amines is 1. The Kier molecular flexibility index (Phi) is 4.50. The number of nitrogens with one attached hydrogen (secondary N) is 3. The third kappa shape index (κ3) is 3.39. The second kappa shape index (κ2) is 6.73. The van der Waals surface area contributed by atoms with Gasteiger partial charge in [0.15, 0.2) is 5.69 Å². The van der Waals surface area contributed by atoms with Gasteiger partial charge in [0.25, 0.3) is 11.8 Å². The summed E-state index contributed by atoms with van der Waals surface area (Å²) >= 11 is 7.29. The molecule has 2 heterocycles. The van der Waals surface area contributed by atoms with E-state index in [0.717, 1.165) is 4.88 Å². The van der Waals surface area contributed by atoms with Gasteiger partial charge in [0.1, 0.15) is 5.75 Å². The highest BCUT2D eigenvalue weighted by Crippen LogP contribution is 2.23. The van der Waals surface area contributed by atoms with Crippen LogP contribution in [-0.4, -0.2) is 27.1 Å². The van der Waals surface area contributed by atoms with E-state index in [0.29, 0.717) is 5.69 Å². The molecule has 2 amide bonds. The highest BCUT2D eigenvalue weighted by molar-refractivity contribution is 7.13. The minimum Gasteiger partial charge on any atom is -0.507 e. The van der Waals surface area contributed by atoms with Crippen molar-refractivity contribution in [1.82, 2.24) is 21.0 Å². The number of carbonyl (C=O) groups is 2. The number of benzene rings is 1. The van der Waals surface area contributed by atoms with Crippen LogP contribution in [0.25, 0.3) is 10.6 Å². The van der Waals surface area contributed by atoms with E-state index in [1.54, 1.807) is 6.07 Å². The smallest absolute Gasteiger partial charge is 0.290 e. The van der Waals surface area contributed by atoms with E-state index in [4.69, 9.17) is 11.6 Å². The first kappa shape index (κ1) is 16.0. The van der Waals surface area contributed by atoms with Crippen LogP contribution < -0.4 is 10.9 Å². The van der Waals surface area contributed by atoms with Gasteiger partial charge in [-0.15, -0.1) is 11.3 Å². The van der Waals surface area contributed by atoms with Crippen molar-refractivity contribution in [3.63, 3.8) is 0 Å². The first-order chi connectivity index (χ1) is 11.5. The average Bonchev–Trinajstić information content (AvgIpc) is 3.25. The Morgan fingerprint density at radius 2 is 1.96 bits per heavy atom. The molecule has 1 aromatic carbocycles. The van der Waals surface area contributed by atoms with Crippen molar-refractivity contribution < 1.29 is 14.7 Å². The summed E-state index contributed by atoms with van der Waals surface area (Å²) in [4.78, 5) is 24.9. The quantitative estimate of drug-likeness (QED) is 0.537. The normalized spacial score (nSPS) is 10.4. The van der Waals surface area contributed by atoms with Crippen molar-refractivity contribution in [2.75, 3.05) is 0 Å². The van der Waals surface area contributed by atoms with Gasteiger partial charge < -0.3 is 5.11 Å². The number of carbonyl (C=O) groups excluding carboxylic acids is 2. The van der Waals surface area contributed by atoms with Crippen LogP contribution in [0.5, 0.6) is 5.75 Å². The molecule has 24 heavy (non-hydrogen) atoms. The van der Waals surface area contributed by atoms with Gasteiger partial charge in [-0.25, -0.2) is 0 Å². The minimum atomic E-state index is -0.697. The molecule has 0 fully saturated rings. The summed E-state index contributed by atoms with van der Waals surface area (Å²) in [5, 5.41) is 18.5. The maximum atomic E-state index is 12.0. The number of hydrogen-bond acceptors (Lipinski definition) is 5. The van der Waals surface area contributed by atoms with Gasteiger partial charge in [0.2, 0.25) is 0 Å². The lowest BCUT2D eigenvalue weighted by Crippen LogP contribution is -2.41. The van der Waals surface area contributed by atoms with Crippen LogP contribution in [0, 0.1) is 0 Å². The lowest BCUT2D eigenvalue weighted by molar-refractivity contribution is 0.0842. The molecule has 0 atom stereocenters. The first-order valence-electron chi connectivity index (χ1n) is 6.73. The van der Waals surface area contributed by atoms with Gasteiger partial charge in [-0.2, -0.15) is 5.10 Å². The molecular formula is C15H11ClN4O3S. The molecule has 0 aliphatic heterocycles. The van der Waals surface area contributed by atoms with Crippen LogP contribution in [0.4, 0.5) is 0 Å². The van der Waals surface area contributed by atoms with Gasteiger partial charge >= 0.3 is 0 Å². The highest BCUT2D eigenvalue weighted by Gasteiger charge is 2.15. The Labute approximate surface area is 145 Å². The van der Waals surface area contributed by atoms with E-state index in [-0.39, 0.29) is 22.0 Å². The average molecular weight is 363 g/mol. The zero-order valence-electron chi connectivity index (χ0n) is 12.0. The van der Waals surface area contributed by atoms with Crippen LogP contribution in [0.15, 0.2) is 41.8 Å². The zero-order chi connectivity index (χ0) is 17.1. The summed E-state index contributed by atoms with van der Waals surface area (Å²) in [6, 6.07) is 9.38. The summed E-state index contributed by atoms with van der Waals surface area (Å²) in [5.74, 6) is -1.54. The van der Waals surface area contributed by atoms with Gasteiger partial charge in [-0.3, -0.25) is 25.5 Å². The fourth-order valence-corrected chi connectivity index (χ4v) is 2.80. The largest absolute Gasteiger partial charge is 0.507 e. The molecule has 0 aliphatic carbocycles. The van der Waals surface area contributed by atoms with Crippen LogP contribution >= 0.6 is 22.9 Å². The van der Waals surface area contributed by atoms with Crippen molar-refractivity contribution >= 4 is 34.8 Å². The number of phenols is 1. The van der Waals surface area contributed by atoms with E-state index in [2.05, 4.69) is 21.0 Å². The molecule has 9 heteroatoms. The molecule has 7 nitrogen and oxygen atoms in total. The topological polar surface area (TPSA) is 107 Å². The molecule has 2 aromatic heterocycles. The van der Waals surface area contributed by atoms with E-state index in [9.17, 15) is 14.7 Å². The summed E-state index contributed by atoms with van der Waals surface area (Å²) in [6.45, 7) is 0. The van der Waals surface area contributed by atoms with Crippen LogP contribution in [0.3, 0.4) is 0 Å².